The van der Waals surface area contributed by atoms with Crippen molar-refractivity contribution in [2.24, 2.45) is 10.7 Å². The van der Waals surface area contributed by atoms with Crippen molar-refractivity contribution in [2.75, 3.05) is 26.0 Å². The minimum Gasteiger partial charge on any atom is -0.383 e. The van der Waals surface area contributed by atoms with Gasteiger partial charge in [0.25, 0.3) is 5.91 Å². The molecule has 0 radical (unpaired) electrons. The summed E-state index contributed by atoms with van der Waals surface area (Å²) < 4.78 is 4.91. The number of benzene rings is 1. The molecule has 1 aromatic rings. The van der Waals surface area contributed by atoms with Crippen molar-refractivity contribution >= 4 is 22.8 Å². The first-order valence-electron chi connectivity index (χ1n) is 6.91. The molecule has 1 aliphatic rings. The SMILES string of the molecule is COCCNC(=O)c1ccc(C2(C)CCSC(N)=N2)cc1. The molecule has 1 heterocycles. The summed E-state index contributed by atoms with van der Waals surface area (Å²) in [5.74, 6) is 0.872. The van der Waals surface area contributed by atoms with Gasteiger partial charge in [0, 0.05) is 25.0 Å². The minimum absolute atomic E-state index is 0.0917. The number of amidine groups is 1. The Hall–Kier alpha value is -1.53. The quantitative estimate of drug-likeness (QED) is 0.812. The summed E-state index contributed by atoms with van der Waals surface area (Å²) in [7, 11) is 1.61. The summed E-state index contributed by atoms with van der Waals surface area (Å²) >= 11 is 1.59. The van der Waals surface area contributed by atoms with Crippen LogP contribution in [0.25, 0.3) is 0 Å². The predicted octanol–water partition coefficient (Wildman–Crippen LogP) is 1.73. The fraction of sp³-hybridized carbons (Fsp3) is 0.467. The van der Waals surface area contributed by atoms with Gasteiger partial charge in [0.1, 0.15) is 0 Å². The molecule has 0 aromatic heterocycles. The van der Waals surface area contributed by atoms with E-state index >= 15 is 0 Å². The molecule has 6 heteroatoms. The van der Waals surface area contributed by atoms with Crippen LogP contribution in [-0.2, 0) is 10.3 Å². The lowest BCUT2D eigenvalue weighted by Crippen LogP contribution is -2.29. The Labute approximate surface area is 129 Å². The Morgan fingerprint density at radius 1 is 1.48 bits per heavy atom. The van der Waals surface area contributed by atoms with E-state index in [2.05, 4.69) is 17.2 Å². The van der Waals surface area contributed by atoms with Crippen LogP contribution in [0.5, 0.6) is 0 Å². The molecule has 21 heavy (non-hydrogen) atoms. The molecular weight excluding hydrogens is 286 g/mol. The van der Waals surface area contributed by atoms with Gasteiger partial charge in [-0.05, 0) is 31.0 Å². The smallest absolute Gasteiger partial charge is 0.251 e. The van der Waals surface area contributed by atoms with E-state index in [1.807, 2.05) is 24.3 Å². The Morgan fingerprint density at radius 3 is 2.81 bits per heavy atom. The van der Waals surface area contributed by atoms with Crippen LogP contribution in [0.4, 0.5) is 0 Å². The molecular formula is C15H21N3O2S. The zero-order valence-electron chi connectivity index (χ0n) is 12.4. The van der Waals surface area contributed by atoms with E-state index in [-0.39, 0.29) is 11.4 Å². The normalized spacial score (nSPS) is 21.7. The van der Waals surface area contributed by atoms with E-state index in [0.717, 1.165) is 17.7 Å². The largest absolute Gasteiger partial charge is 0.383 e. The molecule has 0 spiro atoms. The van der Waals surface area contributed by atoms with Crippen LogP contribution in [0.15, 0.2) is 29.3 Å². The molecule has 1 aromatic carbocycles. The first-order chi connectivity index (χ1) is 10.0. The molecule has 1 amide bonds. The Morgan fingerprint density at radius 2 is 2.19 bits per heavy atom. The Bertz CT molecular complexity index is 530. The number of carbonyl (C=O) groups is 1. The molecule has 0 fully saturated rings. The maximum atomic E-state index is 11.9. The van der Waals surface area contributed by atoms with Crippen LogP contribution >= 0.6 is 11.8 Å². The number of aliphatic imine (C=N–C) groups is 1. The third-order valence-corrected chi connectivity index (χ3v) is 4.35. The minimum atomic E-state index is -0.291. The number of methoxy groups -OCH3 is 1. The van der Waals surface area contributed by atoms with Gasteiger partial charge in [-0.25, -0.2) is 0 Å². The molecule has 0 saturated carbocycles. The van der Waals surface area contributed by atoms with Crippen LogP contribution in [0, 0.1) is 0 Å². The third-order valence-electron chi connectivity index (χ3n) is 3.56. The van der Waals surface area contributed by atoms with Gasteiger partial charge in [-0.1, -0.05) is 23.9 Å². The van der Waals surface area contributed by atoms with Crippen LogP contribution < -0.4 is 11.1 Å². The van der Waals surface area contributed by atoms with Gasteiger partial charge in [-0.15, -0.1) is 0 Å². The number of nitrogens with two attached hydrogens (primary N) is 1. The van der Waals surface area contributed by atoms with E-state index in [1.165, 1.54) is 0 Å². The first kappa shape index (κ1) is 15.9. The van der Waals surface area contributed by atoms with Crippen molar-refractivity contribution in [1.29, 1.82) is 0 Å². The summed E-state index contributed by atoms with van der Waals surface area (Å²) in [4.78, 5) is 16.5. The maximum absolute atomic E-state index is 11.9. The molecule has 114 valence electrons. The van der Waals surface area contributed by atoms with Gasteiger partial charge < -0.3 is 15.8 Å². The van der Waals surface area contributed by atoms with E-state index < -0.39 is 0 Å². The van der Waals surface area contributed by atoms with Gasteiger partial charge >= 0.3 is 0 Å². The van der Waals surface area contributed by atoms with Crippen LogP contribution in [0.2, 0.25) is 0 Å². The standard InChI is InChI=1S/C15H21N3O2S/c1-15(7-10-21-14(16)18-15)12-5-3-11(4-6-12)13(19)17-8-9-20-2/h3-6H,7-10H2,1-2H3,(H2,16,18)(H,17,19). The lowest BCUT2D eigenvalue weighted by molar-refractivity contribution is 0.0937. The van der Waals surface area contributed by atoms with Gasteiger partial charge in [-0.3, -0.25) is 9.79 Å². The summed E-state index contributed by atoms with van der Waals surface area (Å²) in [5.41, 5.74) is 7.26. The molecule has 2 rings (SSSR count). The molecule has 0 saturated heterocycles. The number of amides is 1. The van der Waals surface area contributed by atoms with Crippen molar-refractivity contribution in [3.8, 4) is 0 Å². The zero-order valence-corrected chi connectivity index (χ0v) is 13.2. The highest BCUT2D eigenvalue weighted by Gasteiger charge is 2.29. The van der Waals surface area contributed by atoms with Crippen LogP contribution in [-0.4, -0.2) is 37.1 Å². The topological polar surface area (TPSA) is 76.7 Å². The molecule has 5 nitrogen and oxygen atoms in total. The highest BCUT2D eigenvalue weighted by molar-refractivity contribution is 8.13. The second-order valence-electron chi connectivity index (χ2n) is 5.15. The van der Waals surface area contributed by atoms with Crippen molar-refractivity contribution in [1.82, 2.24) is 5.32 Å². The Balaban J connectivity index is 2.08. The fourth-order valence-electron chi connectivity index (χ4n) is 2.24. The second-order valence-corrected chi connectivity index (χ2v) is 6.26. The molecule has 1 unspecified atom stereocenters. The van der Waals surface area contributed by atoms with Crippen molar-refractivity contribution < 1.29 is 9.53 Å². The molecule has 0 aliphatic carbocycles. The summed E-state index contributed by atoms with van der Waals surface area (Å²) in [5, 5.41) is 3.43. The van der Waals surface area contributed by atoms with Crippen LogP contribution in [0.3, 0.4) is 0 Å². The zero-order chi connectivity index (χ0) is 15.3. The highest BCUT2D eigenvalue weighted by atomic mass is 32.2. The van der Waals surface area contributed by atoms with Crippen LogP contribution in [0.1, 0.15) is 29.3 Å². The number of thioether (sulfide) groups is 1. The number of nitrogens with zero attached hydrogens (tertiary/aromatic N) is 1. The van der Waals surface area contributed by atoms with Gasteiger partial charge in [0.2, 0.25) is 0 Å². The lowest BCUT2D eigenvalue weighted by atomic mass is 9.89. The fourth-order valence-corrected chi connectivity index (χ4v) is 3.22. The first-order valence-corrected chi connectivity index (χ1v) is 7.89. The molecule has 1 atom stereocenters. The number of hydrogen-bond donors (Lipinski definition) is 2. The number of ether oxygens (including phenoxy) is 1. The van der Waals surface area contributed by atoms with Crippen molar-refractivity contribution in [3.05, 3.63) is 35.4 Å². The monoisotopic (exact) mass is 307 g/mol. The number of rotatable bonds is 5. The average Bonchev–Trinajstić information content (AvgIpc) is 2.47. The van der Waals surface area contributed by atoms with Crippen molar-refractivity contribution in [2.45, 2.75) is 18.9 Å². The highest BCUT2D eigenvalue weighted by Crippen LogP contribution is 2.34. The predicted molar refractivity (Wildman–Crippen MR) is 86.7 cm³/mol. The number of nitrogens with one attached hydrogen (secondary N) is 1. The Kier molecular flexibility index (Phi) is 5.25. The van der Waals surface area contributed by atoms with Gasteiger partial charge in [0.15, 0.2) is 5.17 Å². The van der Waals surface area contributed by atoms with E-state index in [9.17, 15) is 4.79 Å². The number of hydrogen-bond acceptors (Lipinski definition) is 5. The summed E-state index contributed by atoms with van der Waals surface area (Å²) in [6, 6.07) is 7.57. The molecule has 3 N–H and O–H groups in total. The van der Waals surface area contributed by atoms with Gasteiger partial charge in [0.05, 0.1) is 12.1 Å². The number of carbonyl (C=O) groups excluding carboxylic acids is 1. The molecule has 0 bridgehead atoms. The summed E-state index contributed by atoms with van der Waals surface area (Å²) in [6.07, 6.45) is 0.942. The van der Waals surface area contributed by atoms with E-state index in [1.54, 1.807) is 18.9 Å². The maximum Gasteiger partial charge on any atom is 0.251 e. The lowest BCUT2D eigenvalue weighted by Gasteiger charge is -2.29. The van der Waals surface area contributed by atoms with Crippen molar-refractivity contribution in [3.63, 3.8) is 0 Å². The average molecular weight is 307 g/mol. The van der Waals surface area contributed by atoms with Gasteiger partial charge in [-0.2, -0.15) is 0 Å². The van der Waals surface area contributed by atoms with E-state index in [0.29, 0.717) is 23.9 Å². The van der Waals surface area contributed by atoms with E-state index in [4.69, 9.17) is 10.5 Å². The second kappa shape index (κ2) is 6.95. The molecule has 1 aliphatic heterocycles. The summed E-state index contributed by atoms with van der Waals surface area (Å²) in [6.45, 7) is 3.09. The third kappa shape index (κ3) is 3.98.